The predicted octanol–water partition coefficient (Wildman–Crippen LogP) is 0.653. The molecule has 0 amide bonds. The zero-order chi connectivity index (χ0) is 15.3. The smallest absolute Gasteiger partial charge is 0.312 e. The van der Waals surface area contributed by atoms with E-state index in [1.165, 1.54) is 26.2 Å². The van der Waals surface area contributed by atoms with E-state index in [0.29, 0.717) is 0 Å². The lowest BCUT2D eigenvalue weighted by molar-refractivity contribution is -0.386. The number of nitrogens with one attached hydrogen (secondary N) is 1. The lowest BCUT2D eigenvalue weighted by Gasteiger charge is -2.09. The quantitative estimate of drug-likeness (QED) is 0.564. The molecule has 0 aliphatic carbocycles. The van der Waals surface area contributed by atoms with E-state index in [2.05, 4.69) is 4.72 Å². The molecular weight excluding hydrogens is 288 g/mol. The van der Waals surface area contributed by atoms with Gasteiger partial charge in [0, 0.05) is 12.6 Å². The number of sulfonamides is 1. The zero-order valence-corrected chi connectivity index (χ0v) is 11.9. The van der Waals surface area contributed by atoms with Gasteiger partial charge in [0.1, 0.15) is 0 Å². The Morgan fingerprint density at radius 3 is 2.65 bits per heavy atom. The average molecular weight is 304 g/mol. The number of ether oxygens (including phenoxy) is 1. The van der Waals surface area contributed by atoms with Gasteiger partial charge < -0.3 is 9.84 Å². The summed E-state index contributed by atoms with van der Waals surface area (Å²) in [5.41, 5.74) is -0.425. The number of aliphatic hydroxyl groups excluding tert-OH is 1. The summed E-state index contributed by atoms with van der Waals surface area (Å²) in [6.07, 6.45) is -0.389. The molecule has 0 bridgehead atoms. The van der Waals surface area contributed by atoms with E-state index in [1.54, 1.807) is 0 Å². The van der Waals surface area contributed by atoms with E-state index in [0.717, 1.165) is 6.07 Å². The number of aliphatic hydroxyl groups is 1. The van der Waals surface area contributed by atoms with Crippen molar-refractivity contribution in [1.29, 1.82) is 0 Å². The molecule has 9 heteroatoms. The van der Waals surface area contributed by atoms with Crippen molar-refractivity contribution in [3.8, 4) is 5.75 Å². The molecule has 1 atom stereocenters. The van der Waals surface area contributed by atoms with Crippen LogP contribution in [0.15, 0.2) is 23.1 Å². The molecule has 0 spiro atoms. The Morgan fingerprint density at radius 2 is 2.15 bits per heavy atom. The Labute approximate surface area is 116 Å². The average Bonchev–Trinajstić information content (AvgIpc) is 2.37. The molecule has 0 radical (unpaired) electrons. The number of hydrogen-bond acceptors (Lipinski definition) is 6. The third kappa shape index (κ3) is 4.15. The molecule has 1 rings (SSSR count). The third-order valence-electron chi connectivity index (χ3n) is 2.51. The van der Waals surface area contributed by atoms with Crippen LogP contribution in [0, 0.1) is 10.1 Å². The van der Waals surface area contributed by atoms with Gasteiger partial charge in [-0.25, -0.2) is 13.1 Å². The van der Waals surface area contributed by atoms with Crippen LogP contribution >= 0.6 is 0 Å². The van der Waals surface area contributed by atoms with Crippen molar-refractivity contribution in [2.45, 2.75) is 24.3 Å². The molecule has 0 saturated heterocycles. The van der Waals surface area contributed by atoms with E-state index in [-0.39, 0.29) is 23.6 Å². The Kier molecular flexibility index (Phi) is 5.43. The topological polar surface area (TPSA) is 119 Å². The summed E-state index contributed by atoms with van der Waals surface area (Å²) >= 11 is 0. The number of nitro groups is 1. The van der Waals surface area contributed by atoms with Gasteiger partial charge in [0.15, 0.2) is 5.75 Å². The van der Waals surface area contributed by atoms with Crippen LogP contribution in [0.3, 0.4) is 0 Å². The number of nitro benzene ring substituents is 1. The summed E-state index contributed by atoms with van der Waals surface area (Å²) in [6.45, 7) is 1.58. The maximum Gasteiger partial charge on any atom is 0.312 e. The molecule has 1 aromatic rings. The van der Waals surface area contributed by atoms with Gasteiger partial charge in [-0.05, 0) is 25.5 Å². The predicted molar refractivity (Wildman–Crippen MR) is 71.1 cm³/mol. The third-order valence-corrected chi connectivity index (χ3v) is 3.97. The maximum atomic E-state index is 11.9. The van der Waals surface area contributed by atoms with Crippen molar-refractivity contribution in [3.63, 3.8) is 0 Å². The van der Waals surface area contributed by atoms with Crippen LogP contribution in [0.5, 0.6) is 5.75 Å². The Hall–Kier alpha value is -1.71. The second kappa shape index (κ2) is 6.64. The lowest BCUT2D eigenvalue weighted by Crippen LogP contribution is -2.26. The van der Waals surface area contributed by atoms with E-state index >= 15 is 0 Å². The minimum absolute atomic E-state index is 0.0158. The lowest BCUT2D eigenvalue weighted by atomic mass is 10.3. The van der Waals surface area contributed by atoms with Gasteiger partial charge in [0.2, 0.25) is 10.0 Å². The summed E-state index contributed by atoms with van der Waals surface area (Å²) < 4.78 is 30.9. The monoisotopic (exact) mass is 304 g/mol. The highest BCUT2D eigenvalue weighted by atomic mass is 32.2. The number of rotatable bonds is 7. The summed E-state index contributed by atoms with van der Waals surface area (Å²) in [5.74, 6) is -0.0158. The number of benzene rings is 1. The minimum Gasteiger partial charge on any atom is -0.490 e. The Balaban J connectivity index is 3.01. The highest BCUT2D eigenvalue weighted by molar-refractivity contribution is 7.89. The fourth-order valence-corrected chi connectivity index (χ4v) is 2.53. The minimum atomic E-state index is -3.86. The van der Waals surface area contributed by atoms with Gasteiger partial charge in [-0.15, -0.1) is 0 Å². The molecule has 1 unspecified atom stereocenters. The molecule has 112 valence electrons. The van der Waals surface area contributed by atoms with Crippen molar-refractivity contribution < 1.29 is 23.2 Å². The normalized spacial score (nSPS) is 12.9. The second-order valence-electron chi connectivity index (χ2n) is 4.13. The first-order chi connectivity index (χ1) is 9.27. The molecule has 0 aliphatic heterocycles. The van der Waals surface area contributed by atoms with E-state index in [9.17, 15) is 18.5 Å². The van der Waals surface area contributed by atoms with Gasteiger partial charge in [-0.1, -0.05) is 0 Å². The highest BCUT2D eigenvalue weighted by Crippen LogP contribution is 2.29. The number of methoxy groups -OCH3 is 1. The van der Waals surface area contributed by atoms with E-state index in [1.807, 2.05) is 0 Å². The molecule has 0 aromatic heterocycles. The second-order valence-corrected chi connectivity index (χ2v) is 5.89. The van der Waals surface area contributed by atoms with Gasteiger partial charge in [-0.2, -0.15) is 0 Å². The van der Waals surface area contributed by atoms with Crippen molar-refractivity contribution in [2.75, 3.05) is 13.7 Å². The SMILES string of the molecule is COc1ccc(S(=O)(=O)NCCC(C)O)cc1[N+](=O)[O-]. The molecule has 1 aromatic carbocycles. The molecule has 0 fully saturated rings. The van der Waals surface area contributed by atoms with Crippen LogP contribution < -0.4 is 9.46 Å². The molecular formula is C11H16N2O6S. The molecule has 0 aliphatic rings. The largest absolute Gasteiger partial charge is 0.490 e. The van der Waals surface area contributed by atoms with Crippen molar-refractivity contribution in [3.05, 3.63) is 28.3 Å². The van der Waals surface area contributed by atoms with Crippen molar-refractivity contribution in [2.24, 2.45) is 0 Å². The van der Waals surface area contributed by atoms with Crippen LogP contribution in [0.4, 0.5) is 5.69 Å². The Morgan fingerprint density at radius 1 is 1.50 bits per heavy atom. The summed E-state index contributed by atoms with van der Waals surface area (Å²) in [4.78, 5) is 9.90. The maximum absolute atomic E-state index is 11.9. The number of nitrogens with zero attached hydrogens (tertiary/aromatic N) is 1. The van der Waals surface area contributed by atoms with Gasteiger partial charge >= 0.3 is 5.69 Å². The summed E-state index contributed by atoms with van der Waals surface area (Å²) in [6, 6.07) is 3.38. The van der Waals surface area contributed by atoms with Crippen LogP contribution in [0.2, 0.25) is 0 Å². The highest BCUT2D eigenvalue weighted by Gasteiger charge is 2.21. The molecule has 0 heterocycles. The molecule has 8 nitrogen and oxygen atoms in total. The van der Waals surface area contributed by atoms with Gasteiger partial charge in [0.05, 0.1) is 23.0 Å². The first-order valence-corrected chi connectivity index (χ1v) is 7.26. The van der Waals surface area contributed by atoms with Crippen molar-refractivity contribution >= 4 is 15.7 Å². The van der Waals surface area contributed by atoms with Crippen LogP contribution in [0.25, 0.3) is 0 Å². The van der Waals surface area contributed by atoms with Crippen LogP contribution in [-0.4, -0.2) is 38.2 Å². The van der Waals surface area contributed by atoms with Gasteiger partial charge in [0.25, 0.3) is 0 Å². The first-order valence-electron chi connectivity index (χ1n) is 5.78. The molecule has 20 heavy (non-hydrogen) atoms. The zero-order valence-electron chi connectivity index (χ0n) is 11.1. The first kappa shape index (κ1) is 16.3. The molecule has 0 saturated carbocycles. The van der Waals surface area contributed by atoms with E-state index < -0.39 is 26.7 Å². The fraction of sp³-hybridized carbons (Fsp3) is 0.455. The summed E-state index contributed by atoms with van der Waals surface area (Å²) in [7, 11) is -2.60. The van der Waals surface area contributed by atoms with Crippen LogP contribution in [-0.2, 0) is 10.0 Å². The number of hydrogen-bond donors (Lipinski definition) is 2. The summed E-state index contributed by atoms with van der Waals surface area (Å²) in [5, 5.41) is 19.9. The van der Waals surface area contributed by atoms with E-state index in [4.69, 9.17) is 9.84 Å². The fourth-order valence-electron chi connectivity index (χ4n) is 1.47. The van der Waals surface area contributed by atoms with Crippen molar-refractivity contribution in [1.82, 2.24) is 4.72 Å². The van der Waals surface area contributed by atoms with Crippen LogP contribution in [0.1, 0.15) is 13.3 Å². The van der Waals surface area contributed by atoms with Gasteiger partial charge in [-0.3, -0.25) is 10.1 Å². The Bertz CT molecular complexity index is 585. The molecule has 2 N–H and O–H groups in total. The standard InChI is InChI=1S/C11H16N2O6S/c1-8(14)5-6-12-20(17,18)9-3-4-11(19-2)10(7-9)13(15)16/h3-4,7-8,12,14H,5-6H2,1-2H3.